The Labute approximate surface area is 202 Å². The van der Waals surface area contributed by atoms with Crippen molar-refractivity contribution in [2.24, 2.45) is 5.73 Å². The van der Waals surface area contributed by atoms with Crippen LogP contribution in [0.4, 0.5) is 5.69 Å². The van der Waals surface area contributed by atoms with Crippen LogP contribution in [0, 0.1) is 12.3 Å². The number of ketones is 1. The minimum Gasteiger partial charge on any atom is -0.480 e. The van der Waals surface area contributed by atoms with E-state index in [1.807, 2.05) is 37.3 Å². The van der Waals surface area contributed by atoms with Crippen molar-refractivity contribution in [1.29, 1.82) is 5.41 Å². The van der Waals surface area contributed by atoms with Crippen molar-refractivity contribution in [3.05, 3.63) is 71.1 Å². The number of aryl methyl sites for hydroxylation is 1. The number of nitrogens with zero attached hydrogens (tertiary/aromatic N) is 1. The monoisotopic (exact) mass is 475 g/mol. The van der Waals surface area contributed by atoms with Gasteiger partial charge >= 0.3 is 5.97 Å². The molecule has 1 aromatic heterocycles. The van der Waals surface area contributed by atoms with Crippen LogP contribution in [-0.2, 0) is 21.7 Å². The second-order valence-electron chi connectivity index (χ2n) is 8.71. The highest BCUT2D eigenvalue weighted by atomic mass is 16.4. The van der Waals surface area contributed by atoms with Crippen molar-refractivity contribution >= 4 is 34.3 Å². The molecular weight excluding hydrogens is 446 g/mol. The lowest BCUT2D eigenvalue weighted by atomic mass is 9.81. The number of carbonyl (C=O) groups excluding carboxylic acids is 1. The number of carboxylic acids is 1. The molecule has 8 N–H and O–H groups in total. The second-order valence-corrected chi connectivity index (χ2v) is 8.71. The maximum atomic E-state index is 13.5. The summed E-state index contributed by atoms with van der Waals surface area (Å²) in [5.41, 5.74) is 8.82. The van der Waals surface area contributed by atoms with Gasteiger partial charge < -0.3 is 26.5 Å². The lowest BCUT2D eigenvalue weighted by Crippen LogP contribution is -2.54. The van der Waals surface area contributed by atoms with Crippen molar-refractivity contribution in [3.63, 3.8) is 0 Å². The van der Waals surface area contributed by atoms with E-state index in [-0.39, 0.29) is 18.2 Å². The highest BCUT2D eigenvalue weighted by Crippen LogP contribution is 2.31. The lowest BCUT2D eigenvalue weighted by Gasteiger charge is -2.33. The normalized spacial score (nSPS) is 16.8. The summed E-state index contributed by atoms with van der Waals surface area (Å²) < 4.78 is 0. The van der Waals surface area contributed by atoms with Gasteiger partial charge in [0.15, 0.2) is 5.78 Å². The van der Waals surface area contributed by atoms with Crippen LogP contribution in [-0.4, -0.2) is 51.8 Å². The number of Topliss-reactive ketones (excluding diaryl/α,β-unsaturated/α-hetero) is 1. The van der Waals surface area contributed by atoms with Gasteiger partial charge in [-0.05, 0) is 55.3 Å². The van der Waals surface area contributed by atoms with Crippen LogP contribution in [0.1, 0.15) is 29.4 Å². The molecule has 0 saturated heterocycles. The number of nitrogens with two attached hydrogens (primary N) is 1. The highest BCUT2D eigenvalue weighted by molar-refractivity contribution is 5.97. The van der Waals surface area contributed by atoms with Crippen LogP contribution in [0.2, 0.25) is 0 Å². The first-order chi connectivity index (χ1) is 16.7. The van der Waals surface area contributed by atoms with Gasteiger partial charge in [0.2, 0.25) is 0 Å². The van der Waals surface area contributed by atoms with Crippen molar-refractivity contribution in [2.75, 3.05) is 18.4 Å². The van der Waals surface area contributed by atoms with E-state index < -0.39 is 17.6 Å². The average Bonchev–Trinajstić information content (AvgIpc) is 3.52. The molecule has 0 amide bonds. The fourth-order valence-electron chi connectivity index (χ4n) is 4.37. The molecule has 2 aromatic carbocycles. The topological polar surface area (TPSA) is 169 Å². The van der Waals surface area contributed by atoms with Crippen molar-refractivity contribution in [3.8, 4) is 0 Å². The Bertz CT molecular complexity index is 1310. The first-order valence-electron chi connectivity index (χ1n) is 11.3. The third-order valence-electron chi connectivity index (χ3n) is 6.30. The quantitative estimate of drug-likeness (QED) is 0.132. The Morgan fingerprint density at radius 3 is 2.63 bits per heavy atom. The zero-order chi connectivity index (χ0) is 25.2. The number of rotatable bonds is 10. The third kappa shape index (κ3) is 4.93. The van der Waals surface area contributed by atoms with Gasteiger partial charge in [0.1, 0.15) is 17.2 Å². The molecule has 3 aromatic rings. The molecule has 2 atom stereocenters. The predicted molar refractivity (Wildman–Crippen MR) is 135 cm³/mol. The van der Waals surface area contributed by atoms with E-state index in [1.54, 1.807) is 25.1 Å². The molecule has 0 saturated carbocycles. The molecule has 0 radical (unpaired) electrons. The number of hydrogen-bond acceptors (Lipinski definition) is 7. The van der Waals surface area contributed by atoms with Crippen molar-refractivity contribution in [2.45, 2.75) is 32.0 Å². The number of aromatic amines is 1. The van der Waals surface area contributed by atoms with E-state index in [9.17, 15) is 14.7 Å². The molecule has 182 valence electrons. The number of amidine groups is 1. The maximum absolute atomic E-state index is 13.5. The minimum absolute atomic E-state index is 0.0168. The van der Waals surface area contributed by atoms with Gasteiger partial charge in [-0.15, -0.1) is 0 Å². The van der Waals surface area contributed by atoms with Gasteiger partial charge in [-0.3, -0.25) is 20.3 Å². The summed E-state index contributed by atoms with van der Waals surface area (Å²) in [6.45, 7) is 4.29. The van der Waals surface area contributed by atoms with Crippen LogP contribution in [0.5, 0.6) is 0 Å². The van der Waals surface area contributed by atoms with Crippen LogP contribution in [0.25, 0.3) is 11.0 Å². The summed E-state index contributed by atoms with van der Waals surface area (Å²) in [7, 11) is 0. The van der Waals surface area contributed by atoms with Gasteiger partial charge in [-0.25, -0.2) is 4.98 Å². The highest BCUT2D eigenvalue weighted by Gasteiger charge is 2.40. The number of carboxylic acid groups (broad SMARTS) is 1. The maximum Gasteiger partial charge on any atom is 0.317 e. The fourth-order valence-corrected chi connectivity index (χ4v) is 4.37. The summed E-state index contributed by atoms with van der Waals surface area (Å²) in [5.74, 6) is -0.463. The zero-order valence-corrected chi connectivity index (χ0v) is 19.6. The van der Waals surface area contributed by atoms with Crippen molar-refractivity contribution in [1.82, 2.24) is 20.6 Å². The minimum atomic E-state index is -1.22. The number of fused-ring (bicyclic) bond motifs is 1. The van der Waals surface area contributed by atoms with Crippen LogP contribution < -0.4 is 21.7 Å². The van der Waals surface area contributed by atoms with E-state index in [4.69, 9.17) is 16.1 Å². The van der Waals surface area contributed by atoms with Crippen LogP contribution >= 0.6 is 0 Å². The summed E-state index contributed by atoms with van der Waals surface area (Å²) >= 11 is 0. The fraction of sp³-hybridized carbons (Fsp3) is 0.280. The lowest BCUT2D eigenvalue weighted by molar-refractivity contribution is -0.136. The molecule has 2 unspecified atom stereocenters. The molecule has 35 heavy (non-hydrogen) atoms. The molecule has 1 aliphatic heterocycles. The molecule has 0 aliphatic carbocycles. The summed E-state index contributed by atoms with van der Waals surface area (Å²) in [6.07, 6.45) is 3.69. The number of nitrogens with one attached hydrogen (secondary N) is 5. The molecule has 0 spiro atoms. The van der Waals surface area contributed by atoms with E-state index in [1.165, 1.54) is 0 Å². The smallest absolute Gasteiger partial charge is 0.317 e. The van der Waals surface area contributed by atoms with Gasteiger partial charge in [-0.1, -0.05) is 18.2 Å². The van der Waals surface area contributed by atoms with Crippen molar-refractivity contribution < 1.29 is 14.7 Å². The Morgan fingerprint density at radius 1 is 1.26 bits per heavy atom. The number of benzene rings is 2. The average molecular weight is 476 g/mol. The van der Waals surface area contributed by atoms with E-state index >= 15 is 0 Å². The third-order valence-corrected chi connectivity index (χ3v) is 6.30. The van der Waals surface area contributed by atoms with E-state index in [0.717, 1.165) is 22.3 Å². The van der Waals surface area contributed by atoms with Gasteiger partial charge in [0, 0.05) is 17.8 Å². The Hall–Kier alpha value is -4.02. The molecule has 0 fully saturated rings. The number of H-pyrrole nitrogens is 1. The molecule has 10 nitrogen and oxygen atoms in total. The molecule has 4 rings (SSSR count). The summed E-state index contributed by atoms with van der Waals surface area (Å²) in [5, 5.41) is 26.1. The Kier molecular flexibility index (Phi) is 6.68. The Balaban J connectivity index is 1.61. The molecule has 1 aliphatic rings. The van der Waals surface area contributed by atoms with Gasteiger partial charge in [-0.2, -0.15) is 0 Å². The number of carbonyl (C=O) groups is 2. The zero-order valence-electron chi connectivity index (χ0n) is 19.6. The van der Waals surface area contributed by atoms with Gasteiger partial charge in [0.05, 0.1) is 30.2 Å². The molecule has 2 heterocycles. The number of anilines is 1. The largest absolute Gasteiger partial charge is 0.480 e. The molecule has 0 bridgehead atoms. The van der Waals surface area contributed by atoms with E-state index in [2.05, 4.69) is 20.9 Å². The SMILES string of the molecule is Cc1c(C(C)(NCC(=O)O)C(=O)C2C=CCN2)ccc2[nH]c(CNc3ccc(C(=N)N)cc3)nc12. The second kappa shape index (κ2) is 9.69. The number of aromatic nitrogens is 2. The Morgan fingerprint density at radius 2 is 2.00 bits per heavy atom. The molecular formula is C25H29N7O3. The number of hydrogen-bond donors (Lipinski definition) is 7. The standard InChI is InChI=1S/C25H29N7O3/c1-14-17(25(2,30-13-21(33)34)23(35)19-4-3-11-28-19)9-10-18-22(14)32-20(31-18)12-29-16-7-5-15(6-8-16)24(26)27/h3-10,19,28-30H,11-13H2,1-2H3,(H3,26,27)(H,31,32)(H,33,34). The summed E-state index contributed by atoms with van der Waals surface area (Å²) in [4.78, 5) is 32.8. The summed E-state index contributed by atoms with van der Waals surface area (Å²) in [6, 6.07) is 10.5. The molecule has 10 heteroatoms. The van der Waals surface area contributed by atoms with Crippen LogP contribution in [0.15, 0.2) is 48.6 Å². The van der Waals surface area contributed by atoms with E-state index in [0.29, 0.717) is 30.0 Å². The van der Waals surface area contributed by atoms with Crippen LogP contribution in [0.3, 0.4) is 0 Å². The number of aliphatic carboxylic acids is 1. The first kappa shape index (κ1) is 24.1. The van der Waals surface area contributed by atoms with Gasteiger partial charge in [0.25, 0.3) is 0 Å². The number of imidazole rings is 1. The number of nitrogen functional groups attached to an aromatic ring is 1. The first-order valence-corrected chi connectivity index (χ1v) is 11.3. The predicted octanol–water partition coefficient (Wildman–Crippen LogP) is 1.75.